The van der Waals surface area contributed by atoms with E-state index in [0.717, 1.165) is 22.1 Å². The van der Waals surface area contributed by atoms with Crippen LogP contribution in [0.15, 0.2) is 83.5 Å². The molecule has 5 heteroatoms. The Morgan fingerprint density at radius 3 is 2.58 bits per heavy atom. The fourth-order valence-corrected chi connectivity index (χ4v) is 3.49. The number of amides is 1. The van der Waals surface area contributed by atoms with Crippen molar-refractivity contribution in [3.63, 3.8) is 0 Å². The fraction of sp³-hybridized carbons (Fsp3) is 0.115. The molecule has 3 aromatic carbocycles. The van der Waals surface area contributed by atoms with Crippen LogP contribution in [0.4, 0.5) is 10.1 Å². The Morgan fingerprint density at radius 2 is 1.84 bits per heavy atom. The maximum absolute atomic E-state index is 13.9. The molecule has 1 aromatic heterocycles. The number of allylic oxidation sites excluding steroid dienone is 1. The number of carbonyl (C=O) groups excluding carboxylic acids is 1. The second kappa shape index (κ2) is 8.88. The normalized spacial score (nSPS) is 11.5. The van der Waals surface area contributed by atoms with Gasteiger partial charge in [-0.25, -0.2) is 4.39 Å². The molecular formula is C26H22FNO3. The van der Waals surface area contributed by atoms with Gasteiger partial charge in [-0.3, -0.25) is 4.79 Å². The second-order valence-electron chi connectivity index (χ2n) is 7.09. The summed E-state index contributed by atoms with van der Waals surface area (Å²) in [4.78, 5) is 12.5. The van der Waals surface area contributed by atoms with Gasteiger partial charge in [-0.05, 0) is 43.2 Å². The van der Waals surface area contributed by atoms with Crippen LogP contribution in [0.25, 0.3) is 27.7 Å². The van der Waals surface area contributed by atoms with Crippen LogP contribution >= 0.6 is 0 Å². The van der Waals surface area contributed by atoms with Gasteiger partial charge < -0.3 is 14.5 Å². The molecule has 0 spiro atoms. The number of nitrogens with one attached hydrogen (secondary N) is 1. The number of rotatable bonds is 6. The van der Waals surface area contributed by atoms with Crippen molar-refractivity contribution in [1.29, 1.82) is 0 Å². The SMILES string of the molecule is CCOc1cc2occ(-c3ccccc3)c2cc1/C(C)=C/C(=O)Nc1ccccc1F. The number of anilines is 1. The predicted octanol–water partition coefficient (Wildman–Crippen LogP) is 6.68. The van der Waals surface area contributed by atoms with Crippen molar-refractivity contribution >= 4 is 28.1 Å². The van der Waals surface area contributed by atoms with E-state index in [0.29, 0.717) is 23.5 Å². The largest absolute Gasteiger partial charge is 0.493 e. The molecule has 31 heavy (non-hydrogen) atoms. The Labute approximate surface area is 180 Å². The van der Waals surface area contributed by atoms with E-state index in [9.17, 15) is 9.18 Å². The van der Waals surface area contributed by atoms with E-state index in [1.54, 1.807) is 18.4 Å². The lowest BCUT2D eigenvalue weighted by Gasteiger charge is -2.12. The Kier molecular flexibility index (Phi) is 5.85. The number of furan rings is 1. The topological polar surface area (TPSA) is 51.5 Å². The van der Waals surface area contributed by atoms with E-state index in [1.807, 2.05) is 56.3 Å². The Balaban J connectivity index is 1.73. The van der Waals surface area contributed by atoms with E-state index in [2.05, 4.69) is 5.32 Å². The molecule has 4 aromatic rings. The van der Waals surface area contributed by atoms with Crippen LogP contribution in [0.5, 0.6) is 5.75 Å². The van der Waals surface area contributed by atoms with Gasteiger partial charge in [-0.15, -0.1) is 0 Å². The molecule has 0 fully saturated rings. The van der Waals surface area contributed by atoms with Crippen LogP contribution in [0.1, 0.15) is 19.4 Å². The van der Waals surface area contributed by atoms with Gasteiger partial charge >= 0.3 is 0 Å². The molecule has 0 radical (unpaired) electrons. The minimum Gasteiger partial charge on any atom is -0.493 e. The highest BCUT2D eigenvalue weighted by Gasteiger charge is 2.15. The summed E-state index contributed by atoms with van der Waals surface area (Å²) in [5.41, 5.74) is 4.31. The monoisotopic (exact) mass is 415 g/mol. The first kappa shape index (κ1) is 20.4. The molecule has 156 valence electrons. The standard InChI is InChI=1S/C26H22FNO3/c1-3-30-24-15-25-20(21(16-31-25)18-9-5-4-6-10-18)14-19(24)17(2)13-26(29)28-23-12-8-7-11-22(23)27/h4-16H,3H2,1-2H3,(H,28,29)/b17-13+. The summed E-state index contributed by atoms with van der Waals surface area (Å²) in [6, 6.07) is 19.8. The van der Waals surface area contributed by atoms with Gasteiger partial charge in [-0.2, -0.15) is 0 Å². The summed E-state index contributed by atoms with van der Waals surface area (Å²) >= 11 is 0. The zero-order valence-corrected chi connectivity index (χ0v) is 17.3. The van der Waals surface area contributed by atoms with Gasteiger partial charge in [0.25, 0.3) is 0 Å². The van der Waals surface area contributed by atoms with Crippen molar-refractivity contribution in [3.8, 4) is 16.9 Å². The molecule has 0 aliphatic rings. The van der Waals surface area contributed by atoms with Crippen LogP contribution < -0.4 is 10.1 Å². The Morgan fingerprint density at radius 1 is 1.10 bits per heavy atom. The van der Waals surface area contributed by atoms with Crippen LogP contribution in [0, 0.1) is 5.82 Å². The minimum atomic E-state index is -0.482. The summed E-state index contributed by atoms with van der Waals surface area (Å²) in [5, 5.41) is 3.51. The molecule has 0 saturated heterocycles. The van der Waals surface area contributed by atoms with Gasteiger partial charge in [0.15, 0.2) is 0 Å². The fourth-order valence-electron chi connectivity index (χ4n) is 3.49. The molecule has 4 rings (SSSR count). The van der Waals surface area contributed by atoms with Crippen molar-refractivity contribution in [2.24, 2.45) is 0 Å². The molecule has 4 nitrogen and oxygen atoms in total. The molecular weight excluding hydrogens is 393 g/mol. The number of carbonyl (C=O) groups is 1. The van der Waals surface area contributed by atoms with Crippen LogP contribution in [-0.2, 0) is 4.79 Å². The van der Waals surface area contributed by atoms with Gasteiger partial charge in [0, 0.05) is 28.7 Å². The predicted molar refractivity (Wildman–Crippen MR) is 121 cm³/mol. The number of benzene rings is 3. The summed E-state index contributed by atoms with van der Waals surface area (Å²) < 4.78 is 25.4. The van der Waals surface area contributed by atoms with Crippen LogP contribution in [0.3, 0.4) is 0 Å². The van der Waals surface area contributed by atoms with Gasteiger partial charge in [0.05, 0.1) is 18.6 Å². The smallest absolute Gasteiger partial charge is 0.248 e. The van der Waals surface area contributed by atoms with Crippen LogP contribution in [0.2, 0.25) is 0 Å². The lowest BCUT2D eigenvalue weighted by Crippen LogP contribution is -2.10. The highest BCUT2D eigenvalue weighted by molar-refractivity contribution is 6.05. The summed E-state index contributed by atoms with van der Waals surface area (Å²) in [7, 11) is 0. The molecule has 1 amide bonds. The number of ether oxygens (including phenoxy) is 1. The zero-order chi connectivity index (χ0) is 21.8. The number of fused-ring (bicyclic) bond motifs is 1. The van der Waals surface area contributed by atoms with E-state index in [-0.39, 0.29) is 5.69 Å². The molecule has 0 atom stereocenters. The molecule has 0 aliphatic carbocycles. The first-order valence-electron chi connectivity index (χ1n) is 10.0. The highest BCUT2D eigenvalue weighted by atomic mass is 19.1. The summed E-state index contributed by atoms with van der Waals surface area (Å²) in [6.45, 7) is 4.20. The highest BCUT2D eigenvalue weighted by Crippen LogP contribution is 2.37. The average molecular weight is 415 g/mol. The Hall–Kier alpha value is -3.86. The third-order valence-corrected chi connectivity index (χ3v) is 4.96. The third-order valence-electron chi connectivity index (χ3n) is 4.96. The molecule has 0 unspecified atom stereocenters. The van der Waals surface area contributed by atoms with Gasteiger partial charge in [0.2, 0.25) is 5.91 Å². The second-order valence-corrected chi connectivity index (χ2v) is 7.09. The molecule has 0 saturated carbocycles. The van der Waals surface area contributed by atoms with Crippen molar-refractivity contribution in [2.75, 3.05) is 11.9 Å². The lowest BCUT2D eigenvalue weighted by atomic mass is 9.99. The van der Waals surface area contributed by atoms with Crippen LogP contribution in [-0.4, -0.2) is 12.5 Å². The number of para-hydroxylation sites is 1. The van der Waals surface area contributed by atoms with E-state index < -0.39 is 11.7 Å². The van der Waals surface area contributed by atoms with Crippen molar-refractivity contribution in [3.05, 3.63) is 90.4 Å². The Bertz CT molecular complexity index is 1260. The van der Waals surface area contributed by atoms with Gasteiger partial charge in [0.1, 0.15) is 17.1 Å². The molecule has 1 N–H and O–H groups in total. The van der Waals surface area contributed by atoms with E-state index in [4.69, 9.17) is 9.15 Å². The molecule has 1 heterocycles. The number of halogens is 1. The molecule has 0 aliphatic heterocycles. The van der Waals surface area contributed by atoms with Crippen molar-refractivity contribution in [1.82, 2.24) is 0 Å². The first-order valence-corrected chi connectivity index (χ1v) is 10.0. The quantitative estimate of drug-likeness (QED) is 0.357. The first-order chi connectivity index (χ1) is 15.1. The maximum Gasteiger partial charge on any atom is 0.248 e. The van der Waals surface area contributed by atoms with Crippen molar-refractivity contribution < 1.29 is 18.3 Å². The number of hydrogen-bond donors (Lipinski definition) is 1. The van der Waals surface area contributed by atoms with E-state index >= 15 is 0 Å². The number of hydrogen-bond acceptors (Lipinski definition) is 3. The maximum atomic E-state index is 13.9. The summed E-state index contributed by atoms with van der Waals surface area (Å²) in [6.07, 6.45) is 3.17. The third kappa shape index (κ3) is 4.36. The van der Waals surface area contributed by atoms with Crippen molar-refractivity contribution in [2.45, 2.75) is 13.8 Å². The zero-order valence-electron chi connectivity index (χ0n) is 17.3. The average Bonchev–Trinajstić information content (AvgIpc) is 3.18. The van der Waals surface area contributed by atoms with Gasteiger partial charge in [-0.1, -0.05) is 42.5 Å². The molecule has 0 bridgehead atoms. The summed E-state index contributed by atoms with van der Waals surface area (Å²) in [5.74, 6) is -0.277. The lowest BCUT2D eigenvalue weighted by molar-refractivity contribution is -0.111. The minimum absolute atomic E-state index is 0.137. The van der Waals surface area contributed by atoms with E-state index in [1.165, 1.54) is 18.2 Å².